The third-order valence-electron chi connectivity index (χ3n) is 5.58. The van der Waals surface area contributed by atoms with Gasteiger partial charge >= 0.3 is 0 Å². The van der Waals surface area contributed by atoms with Gasteiger partial charge in [0.1, 0.15) is 0 Å². The fraction of sp³-hybridized carbons (Fsp3) is 0.207. The van der Waals surface area contributed by atoms with Crippen LogP contribution in [0, 0.1) is 20.8 Å². The van der Waals surface area contributed by atoms with Crippen molar-refractivity contribution >= 4 is 57.6 Å². The number of benzene rings is 3. The molecule has 1 saturated heterocycles. The number of carbonyl (C=O) groups is 2. The van der Waals surface area contributed by atoms with Crippen LogP contribution >= 0.6 is 24.0 Å². The maximum atomic E-state index is 13.2. The first-order valence-electron chi connectivity index (χ1n) is 11.9. The molecule has 6 nitrogen and oxygen atoms in total. The van der Waals surface area contributed by atoms with E-state index in [9.17, 15) is 9.59 Å². The number of thiocarbonyl (C=S) groups is 1. The first-order chi connectivity index (χ1) is 17.7. The molecule has 0 bridgehead atoms. The number of rotatable bonds is 8. The molecular weight excluding hydrogens is 504 g/mol. The summed E-state index contributed by atoms with van der Waals surface area (Å²) in [6.45, 7) is 8.04. The van der Waals surface area contributed by atoms with Crippen LogP contribution in [-0.2, 0) is 9.59 Å². The maximum absolute atomic E-state index is 13.2. The smallest absolute Gasteiger partial charge is 0.270 e. The highest BCUT2D eigenvalue weighted by Crippen LogP contribution is 2.38. The molecule has 1 fully saturated rings. The molecule has 3 aromatic carbocycles. The topological polar surface area (TPSA) is 67.9 Å². The van der Waals surface area contributed by atoms with Crippen molar-refractivity contribution < 1.29 is 19.1 Å². The lowest BCUT2D eigenvalue weighted by atomic mass is 10.1. The standard InChI is InChI=1S/C29H28N2O4S2/c1-5-34-25-15-21(16-26-28(33)31(29(36)37-26)23-9-7-6-8-20(23)4)10-11-24(25)35-17-27(32)30-22-13-18(2)12-19(3)14-22/h6-16H,5,17H2,1-4H3,(H,30,32)/b26-16-. The van der Waals surface area contributed by atoms with Crippen LogP contribution in [0.1, 0.15) is 29.2 Å². The minimum atomic E-state index is -0.267. The van der Waals surface area contributed by atoms with Gasteiger partial charge in [-0.3, -0.25) is 14.5 Å². The average molecular weight is 533 g/mol. The Labute approximate surface area is 226 Å². The van der Waals surface area contributed by atoms with E-state index in [-0.39, 0.29) is 18.4 Å². The number of amides is 2. The van der Waals surface area contributed by atoms with Gasteiger partial charge in [-0.15, -0.1) is 0 Å². The van der Waals surface area contributed by atoms with Gasteiger partial charge in [0.25, 0.3) is 11.8 Å². The molecule has 4 rings (SSSR count). The minimum Gasteiger partial charge on any atom is -0.490 e. The Morgan fingerprint density at radius 1 is 1.00 bits per heavy atom. The van der Waals surface area contributed by atoms with E-state index >= 15 is 0 Å². The van der Waals surface area contributed by atoms with Crippen molar-refractivity contribution in [3.8, 4) is 11.5 Å². The van der Waals surface area contributed by atoms with Gasteiger partial charge in [0.2, 0.25) is 0 Å². The third-order valence-corrected chi connectivity index (χ3v) is 6.88. The Morgan fingerprint density at radius 2 is 1.73 bits per heavy atom. The zero-order valence-electron chi connectivity index (χ0n) is 21.2. The SMILES string of the molecule is CCOc1cc(/C=C2\SC(=S)N(c3ccccc3C)C2=O)ccc1OCC(=O)Nc1cc(C)cc(C)c1. The van der Waals surface area contributed by atoms with Crippen LogP contribution in [0.3, 0.4) is 0 Å². The van der Waals surface area contributed by atoms with Crippen molar-refractivity contribution in [1.29, 1.82) is 0 Å². The summed E-state index contributed by atoms with van der Waals surface area (Å²) in [7, 11) is 0. The predicted molar refractivity (Wildman–Crippen MR) is 154 cm³/mol. The normalized spacial score (nSPS) is 14.3. The Hall–Kier alpha value is -3.62. The van der Waals surface area contributed by atoms with Crippen LogP contribution < -0.4 is 19.7 Å². The van der Waals surface area contributed by atoms with Crippen LogP contribution in [-0.4, -0.2) is 29.3 Å². The zero-order chi connectivity index (χ0) is 26.5. The fourth-order valence-corrected chi connectivity index (χ4v) is 5.32. The van der Waals surface area contributed by atoms with E-state index in [1.54, 1.807) is 23.1 Å². The summed E-state index contributed by atoms with van der Waals surface area (Å²) >= 11 is 6.77. The summed E-state index contributed by atoms with van der Waals surface area (Å²) in [4.78, 5) is 27.7. The van der Waals surface area contributed by atoms with Crippen molar-refractivity contribution in [1.82, 2.24) is 0 Å². The lowest BCUT2D eigenvalue weighted by Gasteiger charge is -2.16. The van der Waals surface area contributed by atoms with Gasteiger partial charge in [-0.2, -0.15) is 0 Å². The van der Waals surface area contributed by atoms with Crippen molar-refractivity contribution in [2.24, 2.45) is 0 Å². The molecule has 3 aromatic rings. The number of ether oxygens (including phenoxy) is 2. The zero-order valence-corrected chi connectivity index (χ0v) is 22.8. The second-order valence-corrected chi connectivity index (χ2v) is 10.3. The van der Waals surface area contributed by atoms with Crippen molar-refractivity contribution in [3.63, 3.8) is 0 Å². The number of anilines is 2. The molecule has 1 heterocycles. The average Bonchev–Trinajstić information content (AvgIpc) is 3.11. The molecule has 1 aliphatic heterocycles. The van der Waals surface area contributed by atoms with Crippen molar-refractivity contribution in [2.75, 3.05) is 23.4 Å². The highest BCUT2D eigenvalue weighted by atomic mass is 32.2. The van der Waals surface area contributed by atoms with E-state index in [0.717, 1.165) is 33.6 Å². The third kappa shape index (κ3) is 6.39. The molecule has 0 aromatic heterocycles. The van der Waals surface area contributed by atoms with Crippen molar-refractivity contribution in [2.45, 2.75) is 27.7 Å². The number of aryl methyl sites for hydroxylation is 3. The maximum Gasteiger partial charge on any atom is 0.270 e. The summed E-state index contributed by atoms with van der Waals surface area (Å²) in [5, 5.41) is 2.86. The second-order valence-electron chi connectivity index (χ2n) is 8.66. The van der Waals surface area contributed by atoms with E-state index in [2.05, 4.69) is 5.32 Å². The minimum absolute atomic E-state index is 0.161. The molecule has 1 N–H and O–H groups in total. The summed E-state index contributed by atoms with van der Waals surface area (Å²) < 4.78 is 12.0. The van der Waals surface area contributed by atoms with Crippen LogP contribution in [0.4, 0.5) is 11.4 Å². The molecular formula is C29H28N2O4S2. The van der Waals surface area contributed by atoms with Crippen molar-refractivity contribution in [3.05, 3.63) is 87.8 Å². The number of nitrogens with one attached hydrogen (secondary N) is 1. The lowest BCUT2D eigenvalue weighted by molar-refractivity contribution is -0.118. The largest absolute Gasteiger partial charge is 0.490 e. The van der Waals surface area contributed by atoms with E-state index < -0.39 is 0 Å². The monoisotopic (exact) mass is 532 g/mol. The molecule has 8 heteroatoms. The Kier molecular flexibility index (Phi) is 8.31. The molecule has 1 aliphatic rings. The molecule has 0 radical (unpaired) electrons. The number of nitrogens with zero attached hydrogens (tertiary/aromatic N) is 1. The Bertz CT molecular complexity index is 1380. The first kappa shape index (κ1) is 26.4. The van der Waals surface area contributed by atoms with Gasteiger partial charge < -0.3 is 14.8 Å². The van der Waals surface area contributed by atoms with Crippen LogP contribution in [0.2, 0.25) is 0 Å². The summed E-state index contributed by atoms with van der Waals surface area (Å²) in [6.07, 6.45) is 1.79. The van der Waals surface area contributed by atoms with E-state index in [1.807, 2.05) is 76.2 Å². The Balaban J connectivity index is 1.48. The molecule has 2 amide bonds. The number of hydrogen-bond donors (Lipinski definition) is 1. The molecule has 0 atom stereocenters. The molecule has 190 valence electrons. The summed E-state index contributed by atoms with van der Waals surface area (Å²) in [5.74, 6) is 0.508. The molecule has 0 saturated carbocycles. The van der Waals surface area contributed by atoms with Crippen LogP contribution in [0.25, 0.3) is 6.08 Å². The molecule has 0 unspecified atom stereocenters. The quantitative estimate of drug-likeness (QED) is 0.266. The van der Waals surface area contributed by atoms with Crippen LogP contribution in [0.15, 0.2) is 65.6 Å². The van der Waals surface area contributed by atoms with Gasteiger partial charge in [-0.05, 0) is 86.4 Å². The molecule has 0 aliphatic carbocycles. The van der Waals surface area contributed by atoms with E-state index in [4.69, 9.17) is 21.7 Å². The van der Waals surface area contributed by atoms with Gasteiger partial charge in [-0.1, -0.05) is 54.3 Å². The first-order valence-corrected chi connectivity index (χ1v) is 13.1. The van der Waals surface area contributed by atoms with Gasteiger partial charge in [-0.25, -0.2) is 0 Å². The second kappa shape index (κ2) is 11.6. The highest BCUT2D eigenvalue weighted by Gasteiger charge is 2.34. The molecule has 0 spiro atoms. The number of thioether (sulfide) groups is 1. The summed E-state index contributed by atoms with van der Waals surface area (Å²) in [5.41, 5.74) is 5.39. The van der Waals surface area contributed by atoms with Gasteiger partial charge in [0, 0.05) is 5.69 Å². The predicted octanol–water partition coefficient (Wildman–Crippen LogP) is 6.43. The fourth-order valence-electron chi connectivity index (χ4n) is 4.03. The van der Waals surface area contributed by atoms with E-state index in [0.29, 0.717) is 27.3 Å². The number of hydrogen-bond acceptors (Lipinski definition) is 6. The molecule has 37 heavy (non-hydrogen) atoms. The lowest BCUT2D eigenvalue weighted by Crippen LogP contribution is -2.28. The van der Waals surface area contributed by atoms with Gasteiger partial charge in [0.05, 0.1) is 17.2 Å². The number of para-hydroxylation sites is 1. The van der Waals surface area contributed by atoms with E-state index in [1.165, 1.54) is 11.8 Å². The van der Waals surface area contributed by atoms with Crippen LogP contribution in [0.5, 0.6) is 11.5 Å². The highest BCUT2D eigenvalue weighted by molar-refractivity contribution is 8.27. The summed E-state index contributed by atoms with van der Waals surface area (Å²) in [6, 6.07) is 18.9. The number of carbonyl (C=O) groups excluding carboxylic acids is 2. The Morgan fingerprint density at radius 3 is 2.43 bits per heavy atom. The van der Waals surface area contributed by atoms with Gasteiger partial charge in [0.15, 0.2) is 22.4 Å².